The van der Waals surface area contributed by atoms with Crippen molar-refractivity contribution in [3.8, 4) is 0 Å². The molecule has 1 unspecified atom stereocenters. The fraction of sp³-hybridized carbons (Fsp3) is 0.318. The Kier molecular flexibility index (Phi) is 5.00. The molecule has 0 amide bonds. The van der Waals surface area contributed by atoms with E-state index in [9.17, 15) is 4.39 Å². The molecule has 0 bridgehead atoms. The minimum Gasteiger partial charge on any atom is -0.366 e. The van der Waals surface area contributed by atoms with Gasteiger partial charge in [-0.15, -0.1) is 0 Å². The predicted molar refractivity (Wildman–Crippen MR) is 105 cm³/mol. The van der Waals surface area contributed by atoms with E-state index >= 15 is 0 Å². The van der Waals surface area contributed by atoms with Crippen LogP contribution in [0.3, 0.4) is 0 Å². The van der Waals surface area contributed by atoms with Gasteiger partial charge in [-0.25, -0.2) is 4.39 Å². The Bertz CT molecular complexity index is 799. The lowest BCUT2D eigenvalue weighted by Gasteiger charge is -2.32. The Morgan fingerprint density at radius 3 is 2.77 bits per heavy atom. The van der Waals surface area contributed by atoms with Gasteiger partial charge in [0.1, 0.15) is 5.82 Å². The molecule has 0 radical (unpaired) electrons. The van der Waals surface area contributed by atoms with Crippen LogP contribution in [0, 0.1) is 5.82 Å². The van der Waals surface area contributed by atoms with Crippen LogP contribution in [-0.2, 0) is 0 Å². The fourth-order valence-electron chi connectivity index (χ4n) is 3.74. The lowest BCUT2D eigenvalue weighted by molar-refractivity contribution is 0.262. The van der Waals surface area contributed by atoms with Crippen molar-refractivity contribution in [1.82, 2.24) is 10.2 Å². The topological polar surface area (TPSA) is 27.6 Å². The summed E-state index contributed by atoms with van der Waals surface area (Å²) < 4.78 is 13.4. The molecule has 0 fully saturated rings. The maximum atomic E-state index is 13.4. The summed E-state index contributed by atoms with van der Waals surface area (Å²) >= 11 is 0. The first-order chi connectivity index (χ1) is 12.8. The second kappa shape index (κ2) is 7.73. The van der Waals surface area contributed by atoms with Gasteiger partial charge in [0.05, 0.1) is 18.1 Å². The summed E-state index contributed by atoms with van der Waals surface area (Å²) in [5.74, 6) is -0.206. The maximum absolute atomic E-state index is 13.4. The van der Waals surface area contributed by atoms with Gasteiger partial charge in [-0.05, 0) is 54.7 Å². The van der Waals surface area contributed by atoms with Gasteiger partial charge in [0.25, 0.3) is 0 Å². The van der Waals surface area contributed by atoms with Crippen LogP contribution in [0.4, 0.5) is 4.39 Å². The van der Waals surface area contributed by atoms with Crippen LogP contribution in [0.2, 0.25) is 0 Å². The van der Waals surface area contributed by atoms with Gasteiger partial charge in [-0.3, -0.25) is 4.99 Å². The Balaban J connectivity index is 1.78. The van der Waals surface area contributed by atoms with E-state index in [0.717, 1.165) is 50.2 Å². The molecule has 1 N–H and O–H groups in total. The molecule has 0 saturated carbocycles. The van der Waals surface area contributed by atoms with Crippen molar-refractivity contribution >= 4 is 11.9 Å². The highest BCUT2D eigenvalue weighted by Gasteiger charge is 2.30. The molecule has 2 heterocycles. The Hall–Kier alpha value is -2.62. The lowest BCUT2D eigenvalue weighted by atomic mass is 9.99. The molecule has 1 aliphatic carbocycles. The number of nitrogens with one attached hydrogen (secondary N) is 1. The zero-order valence-electron chi connectivity index (χ0n) is 14.9. The zero-order chi connectivity index (χ0) is 17.8. The molecule has 2 aliphatic heterocycles. The van der Waals surface area contributed by atoms with Gasteiger partial charge < -0.3 is 10.2 Å². The molecule has 0 spiro atoms. The van der Waals surface area contributed by atoms with E-state index < -0.39 is 0 Å². The van der Waals surface area contributed by atoms with E-state index in [1.54, 1.807) is 0 Å². The first-order valence-corrected chi connectivity index (χ1v) is 9.35. The molecule has 4 rings (SSSR count). The fourth-order valence-corrected chi connectivity index (χ4v) is 3.74. The highest BCUT2D eigenvalue weighted by molar-refractivity contribution is 5.74. The molecular formula is C22H24FN3. The smallest absolute Gasteiger partial charge is 0.123 e. The lowest BCUT2D eigenvalue weighted by Crippen LogP contribution is -2.37. The normalized spacial score (nSPS) is 27.3. The Morgan fingerprint density at radius 1 is 1.12 bits per heavy atom. The SMILES string of the molecule is Fc1ccc(C2=C(C3=C/C=C\CC/C=C\3)N(C3CC=NCC3)CN2)cc1. The third-order valence-corrected chi connectivity index (χ3v) is 5.10. The van der Waals surface area contributed by atoms with Crippen molar-refractivity contribution in [1.29, 1.82) is 0 Å². The zero-order valence-corrected chi connectivity index (χ0v) is 14.9. The van der Waals surface area contributed by atoms with E-state index in [2.05, 4.69) is 45.6 Å². The number of hydrogen-bond donors (Lipinski definition) is 1. The molecule has 1 aromatic rings. The summed E-state index contributed by atoms with van der Waals surface area (Å²) in [4.78, 5) is 6.83. The molecule has 4 heteroatoms. The quantitative estimate of drug-likeness (QED) is 0.874. The van der Waals surface area contributed by atoms with Crippen LogP contribution in [0.25, 0.3) is 5.70 Å². The molecule has 134 valence electrons. The van der Waals surface area contributed by atoms with Gasteiger partial charge in [-0.2, -0.15) is 0 Å². The van der Waals surface area contributed by atoms with Crippen LogP contribution in [0.15, 0.2) is 70.9 Å². The minimum atomic E-state index is -0.206. The predicted octanol–water partition coefficient (Wildman–Crippen LogP) is 4.42. The largest absolute Gasteiger partial charge is 0.366 e. The van der Waals surface area contributed by atoms with Gasteiger partial charge in [0.15, 0.2) is 0 Å². The third-order valence-electron chi connectivity index (χ3n) is 5.10. The summed E-state index contributed by atoms with van der Waals surface area (Å²) in [5, 5.41) is 3.56. The van der Waals surface area contributed by atoms with Crippen molar-refractivity contribution < 1.29 is 4.39 Å². The van der Waals surface area contributed by atoms with E-state index in [1.807, 2.05) is 18.3 Å². The van der Waals surface area contributed by atoms with Crippen LogP contribution in [0.1, 0.15) is 31.2 Å². The molecule has 0 saturated heterocycles. The first-order valence-electron chi connectivity index (χ1n) is 9.35. The van der Waals surface area contributed by atoms with E-state index in [0.29, 0.717) is 6.04 Å². The summed E-state index contributed by atoms with van der Waals surface area (Å²) in [7, 11) is 0. The van der Waals surface area contributed by atoms with Gasteiger partial charge >= 0.3 is 0 Å². The van der Waals surface area contributed by atoms with Crippen LogP contribution < -0.4 is 5.32 Å². The maximum Gasteiger partial charge on any atom is 0.123 e. The molecule has 3 nitrogen and oxygen atoms in total. The number of halogens is 1. The average molecular weight is 349 g/mol. The van der Waals surface area contributed by atoms with E-state index in [-0.39, 0.29) is 5.82 Å². The number of hydrogen-bond acceptors (Lipinski definition) is 3. The summed E-state index contributed by atoms with van der Waals surface area (Å²) in [6.07, 6.45) is 17.2. The van der Waals surface area contributed by atoms with Crippen molar-refractivity contribution in [2.45, 2.75) is 31.7 Å². The first kappa shape index (κ1) is 16.8. The van der Waals surface area contributed by atoms with Crippen molar-refractivity contribution in [3.63, 3.8) is 0 Å². The molecule has 26 heavy (non-hydrogen) atoms. The summed E-state index contributed by atoms with van der Waals surface area (Å²) in [5.41, 5.74) is 4.51. The van der Waals surface area contributed by atoms with Crippen molar-refractivity contribution in [2.75, 3.05) is 13.2 Å². The standard InChI is InChI=1S/C22H24FN3/c23-19-10-8-17(9-11-19)21-22(18-6-4-2-1-3-5-7-18)26(16-25-21)20-12-14-24-15-13-20/h2,4-11,14,20,25H,1,3,12-13,15-16H2/b4-2-,7-5-,18-6+. The number of nitrogens with zero attached hydrogens (tertiary/aromatic N) is 2. The van der Waals surface area contributed by atoms with Gasteiger partial charge in [0.2, 0.25) is 0 Å². The Labute approximate surface area is 154 Å². The van der Waals surface area contributed by atoms with Crippen LogP contribution >= 0.6 is 0 Å². The molecule has 0 aromatic heterocycles. The highest BCUT2D eigenvalue weighted by atomic mass is 19.1. The average Bonchev–Trinajstić information content (AvgIpc) is 3.08. The van der Waals surface area contributed by atoms with Crippen LogP contribution in [0.5, 0.6) is 0 Å². The van der Waals surface area contributed by atoms with E-state index in [4.69, 9.17) is 0 Å². The minimum absolute atomic E-state index is 0.206. The third kappa shape index (κ3) is 3.50. The summed E-state index contributed by atoms with van der Waals surface area (Å²) in [6.45, 7) is 1.66. The second-order valence-electron chi connectivity index (χ2n) is 6.83. The molecular weight excluding hydrogens is 325 g/mol. The molecule has 1 aromatic carbocycles. The number of benzene rings is 1. The number of allylic oxidation sites excluding steroid dienone is 5. The second-order valence-corrected chi connectivity index (χ2v) is 6.83. The summed E-state index contributed by atoms with van der Waals surface area (Å²) in [6, 6.07) is 7.20. The van der Waals surface area contributed by atoms with Gasteiger partial charge in [-0.1, -0.05) is 30.4 Å². The van der Waals surface area contributed by atoms with Crippen molar-refractivity contribution in [2.24, 2.45) is 4.99 Å². The molecule has 1 atom stereocenters. The number of aliphatic imine (C=N–C) groups is 1. The highest BCUT2D eigenvalue weighted by Crippen LogP contribution is 2.34. The van der Waals surface area contributed by atoms with E-state index in [1.165, 1.54) is 23.4 Å². The monoisotopic (exact) mass is 349 g/mol. The Morgan fingerprint density at radius 2 is 1.96 bits per heavy atom. The van der Waals surface area contributed by atoms with Gasteiger partial charge in [0, 0.05) is 25.2 Å². The van der Waals surface area contributed by atoms with Crippen LogP contribution in [-0.4, -0.2) is 30.4 Å². The molecule has 3 aliphatic rings. The van der Waals surface area contributed by atoms with Crippen molar-refractivity contribution in [3.05, 3.63) is 77.3 Å². The number of rotatable bonds is 3.